The number of benzene rings is 2. The lowest BCUT2D eigenvalue weighted by atomic mass is 10.0. The molecule has 138 valence electrons. The molecule has 27 heavy (non-hydrogen) atoms. The van der Waals surface area contributed by atoms with E-state index in [0.29, 0.717) is 21.6 Å². The second-order valence-corrected chi connectivity index (χ2v) is 7.27. The number of rotatable bonds is 3. The van der Waals surface area contributed by atoms with E-state index in [4.69, 9.17) is 0 Å². The zero-order chi connectivity index (χ0) is 19.7. The third-order valence-corrected chi connectivity index (χ3v) is 4.84. The SMILES string of the molecule is CC(C)c1ccc(N2C(=O)NC(=O)/C(=C/c3ccc(O)c(Br)c3)C2=O)cc1. The fraction of sp³-hybridized carbons (Fsp3) is 0.150. The van der Waals surface area contributed by atoms with Gasteiger partial charge < -0.3 is 5.11 Å². The van der Waals surface area contributed by atoms with Gasteiger partial charge in [-0.25, -0.2) is 9.69 Å². The van der Waals surface area contributed by atoms with E-state index in [-0.39, 0.29) is 11.3 Å². The first-order chi connectivity index (χ1) is 12.8. The van der Waals surface area contributed by atoms with Crippen molar-refractivity contribution in [3.05, 3.63) is 63.6 Å². The number of hydrogen-bond donors (Lipinski definition) is 2. The molecule has 2 N–H and O–H groups in total. The molecule has 1 aliphatic rings. The monoisotopic (exact) mass is 428 g/mol. The van der Waals surface area contributed by atoms with Crippen LogP contribution in [0, 0.1) is 0 Å². The van der Waals surface area contributed by atoms with Gasteiger partial charge in [-0.1, -0.05) is 32.0 Å². The lowest BCUT2D eigenvalue weighted by Crippen LogP contribution is -2.54. The Morgan fingerprint density at radius 2 is 1.74 bits per heavy atom. The predicted octanol–water partition coefficient (Wildman–Crippen LogP) is 3.94. The van der Waals surface area contributed by atoms with Gasteiger partial charge >= 0.3 is 6.03 Å². The normalized spacial score (nSPS) is 16.2. The number of aromatic hydroxyl groups is 1. The molecule has 1 aliphatic heterocycles. The number of phenolic OH excluding ortho intramolecular Hbond substituents is 1. The Bertz CT molecular complexity index is 964. The highest BCUT2D eigenvalue weighted by Gasteiger charge is 2.36. The Morgan fingerprint density at radius 3 is 2.33 bits per heavy atom. The summed E-state index contributed by atoms with van der Waals surface area (Å²) in [5.74, 6) is -1.11. The number of imide groups is 2. The second-order valence-electron chi connectivity index (χ2n) is 6.41. The number of nitrogens with zero attached hydrogens (tertiary/aromatic N) is 1. The number of halogens is 1. The minimum absolute atomic E-state index is 0.0404. The van der Waals surface area contributed by atoms with Crippen LogP contribution in [0.2, 0.25) is 0 Å². The molecule has 2 aromatic carbocycles. The minimum atomic E-state index is -0.786. The van der Waals surface area contributed by atoms with Crippen LogP contribution in [0.3, 0.4) is 0 Å². The molecule has 0 aliphatic carbocycles. The van der Waals surface area contributed by atoms with E-state index in [1.807, 2.05) is 26.0 Å². The average Bonchev–Trinajstić information content (AvgIpc) is 2.62. The van der Waals surface area contributed by atoms with E-state index < -0.39 is 17.8 Å². The highest BCUT2D eigenvalue weighted by Crippen LogP contribution is 2.27. The lowest BCUT2D eigenvalue weighted by molar-refractivity contribution is -0.122. The number of carbonyl (C=O) groups excluding carboxylic acids is 3. The Labute approximate surface area is 164 Å². The number of nitrogens with one attached hydrogen (secondary N) is 1. The summed E-state index contributed by atoms with van der Waals surface area (Å²) in [5.41, 5.74) is 1.82. The highest BCUT2D eigenvalue weighted by atomic mass is 79.9. The topological polar surface area (TPSA) is 86.7 Å². The van der Waals surface area contributed by atoms with Crippen LogP contribution in [-0.4, -0.2) is 23.0 Å². The molecule has 0 radical (unpaired) electrons. The fourth-order valence-corrected chi connectivity index (χ4v) is 3.08. The van der Waals surface area contributed by atoms with Gasteiger partial charge in [-0.2, -0.15) is 0 Å². The molecule has 1 saturated heterocycles. The Morgan fingerprint density at radius 1 is 1.07 bits per heavy atom. The van der Waals surface area contributed by atoms with E-state index in [2.05, 4.69) is 21.2 Å². The van der Waals surface area contributed by atoms with Crippen molar-refractivity contribution in [1.82, 2.24) is 5.32 Å². The van der Waals surface area contributed by atoms with Crippen LogP contribution >= 0.6 is 15.9 Å². The molecule has 4 amide bonds. The van der Waals surface area contributed by atoms with Gasteiger partial charge in [-0.3, -0.25) is 14.9 Å². The lowest BCUT2D eigenvalue weighted by Gasteiger charge is -2.26. The van der Waals surface area contributed by atoms with Crippen molar-refractivity contribution in [2.75, 3.05) is 4.90 Å². The van der Waals surface area contributed by atoms with Crippen LogP contribution in [-0.2, 0) is 9.59 Å². The Kier molecular flexibility index (Phi) is 5.14. The number of amides is 4. The van der Waals surface area contributed by atoms with E-state index in [9.17, 15) is 19.5 Å². The molecular weight excluding hydrogens is 412 g/mol. The quantitative estimate of drug-likeness (QED) is 0.572. The number of anilines is 1. The van der Waals surface area contributed by atoms with Gasteiger partial charge in [0.1, 0.15) is 11.3 Å². The summed E-state index contributed by atoms with van der Waals surface area (Å²) in [4.78, 5) is 38.2. The summed E-state index contributed by atoms with van der Waals surface area (Å²) < 4.78 is 0.428. The standard InChI is InChI=1S/C20H17BrN2O4/c1-11(2)13-4-6-14(7-5-13)23-19(26)15(18(25)22-20(23)27)9-12-3-8-17(24)16(21)10-12/h3-11,24H,1-2H3,(H,22,25,27)/b15-9-. The fourth-order valence-electron chi connectivity index (χ4n) is 2.68. The third kappa shape index (κ3) is 3.78. The summed E-state index contributed by atoms with van der Waals surface area (Å²) in [6.07, 6.45) is 1.38. The summed E-state index contributed by atoms with van der Waals surface area (Å²) in [6.45, 7) is 4.09. The van der Waals surface area contributed by atoms with Crippen LogP contribution in [0.25, 0.3) is 6.08 Å². The summed E-state index contributed by atoms with van der Waals surface area (Å²) in [7, 11) is 0. The number of urea groups is 1. The van der Waals surface area contributed by atoms with E-state index in [1.165, 1.54) is 12.1 Å². The molecule has 0 spiro atoms. The molecule has 0 unspecified atom stereocenters. The maximum absolute atomic E-state index is 12.8. The maximum Gasteiger partial charge on any atom is 0.335 e. The van der Waals surface area contributed by atoms with Crippen molar-refractivity contribution in [3.63, 3.8) is 0 Å². The number of carbonyl (C=O) groups is 3. The van der Waals surface area contributed by atoms with Crippen molar-refractivity contribution in [2.24, 2.45) is 0 Å². The molecule has 0 aromatic heterocycles. The zero-order valence-corrected chi connectivity index (χ0v) is 16.3. The molecule has 7 heteroatoms. The molecule has 1 heterocycles. The smallest absolute Gasteiger partial charge is 0.335 e. The number of phenols is 1. The Hall–Kier alpha value is -2.93. The summed E-state index contributed by atoms with van der Waals surface area (Å²) in [5, 5.41) is 11.8. The van der Waals surface area contributed by atoms with E-state index in [0.717, 1.165) is 10.5 Å². The van der Waals surface area contributed by atoms with Crippen LogP contribution in [0.4, 0.5) is 10.5 Å². The Balaban J connectivity index is 1.98. The van der Waals surface area contributed by atoms with Crippen molar-refractivity contribution >= 4 is 45.5 Å². The molecule has 2 aromatic rings. The highest BCUT2D eigenvalue weighted by molar-refractivity contribution is 9.10. The van der Waals surface area contributed by atoms with Gasteiger partial charge in [-0.05, 0) is 63.3 Å². The van der Waals surface area contributed by atoms with Crippen LogP contribution in [0.1, 0.15) is 30.9 Å². The predicted molar refractivity (Wildman–Crippen MR) is 105 cm³/mol. The molecule has 0 atom stereocenters. The van der Waals surface area contributed by atoms with E-state index in [1.54, 1.807) is 24.3 Å². The second kappa shape index (κ2) is 7.36. The first-order valence-corrected chi connectivity index (χ1v) is 9.07. The third-order valence-electron chi connectivity index (χ3n) is 4.20. The first-order valence-electron chi connectivity index (χ1n) is 8.28. The molecule has 1 fully saturated rings. The molecule has 3 rings (SSSR count). The number of hydrogen-bond acceptors (Lipinski definition) is 4. The van der Waals surface area contributed by atoms with E-state index >= 15 is 0 Å². The van der Waals surface area contributed by atoms with Crippen molar-refractivity contribution in [3.8, 4) is 5.75 Å². The summed E-state index contributed by atoms with van der Waals surface area (Å²) in [6, 6.07) is 10.8. The van der Waals surface area contributed by atoms with Gasteiger partial charge in [-0.15, -0.1) is 0 Å². The van der Waals surface area contributed by atoms with Gasteiger partial charge in [0.05, 0.1) is 10.2 Å². The zero-order valence-electron chi connectivity index (χ0n) is 14.7. The van der Waals surface area contributed by atoms with Gasteiger partial charge in [0, 0.05) is 0 Å². The molecular formula is C20H17BrN2O4. The van der Waals surface area contributed by atoms with Gasteiger partial charge in [0.25, 0.3) is 11.8 Å². The number of barbiturate groups is 1. The van der Waals surface area contributed by atoms with Crippen LogP contribution < -0.4 is 10.2 Å². The van der Waals surface area contributed by atoms with Crippen molar-refractivity contribution in [2.45, 2.75) is 19.8 Å². The molecule has 0 saturated carbocycles. The van der Waals surface area contributed by atoms with Crippen molar-refractivity contribution < 1.29 is 19.5 Å². The summed E-state index contributed by atoms with van der Waals surface area (Å²) >= 11 is 3.19. The average molecular weight is 429 g/mol. The van der Waals surface area contributed by atoms with Crippen molar-refractivity contribution in [1.29, 1.82) is 0 Å². The van der Waals surface area contributed by atoms with Crippen LogP contribution in [0.15, 0.2) is 52.5 Å². The van der Waals surface area contributed by atoms with Gasteiger partial charge in [0.15, 0.2) is 0 Å². The molecule has 0 bridgehead atoms. The van der Waals surface area contributed by atoms with Crippen LogP contribution in [0.5, 0.6) is 5.75 Å². The first kappa shape index (κ1) is 18.8. The van der Waals surface area contributed by atoms with Gasteiger partial charge in [0.2, 0.25) is 0 Å². The maximum atomic E-state index is 12.8. The molecule has 6 nitrogen and oxygen atoms in total. The minimum Gasteiger partial charge on any atom is -0.507 e. The largest absolute Gasteiger partial charge is 0.507 e.